The van der Waals surface area contributed by atoms with Gasteiger partial charge in [0.05, 0.1) is 33.5 Å². The molecule has 0 saturated heterocycles. The van der Waals surface area contributed by atoms with Crippen molar-refractivity contribution in [1.29, 1.82) is 0 Å². The first-order valence-electron chi connectivity index (χ1n) is 9.64. The summed E-state index contributed by atoms with van der Waals surface area (Å²) in [6.45, 7) is -0.494. The summed E-state index contributed by atoms with van der Waals surface area (Å²) in [5.74, 6) is -2.90. The summed E-state index contributed by atoms with van der Waals surface area (Å²) in [5.41, 5.74) is 0.650. The van der Waals surface area contributed by atoms with Gasteiger partial charge < -0.3 is 4.90 Å². The number of rotatable bonds is 3. The maximum atomic E-state index is 15.1. The molecule has 5 nitrogen and oxygen atoms in total. The quantitative estimate of drug-likeness (QED) is 0.472. The summed E-state index contributed by atoms with van der Waals surface area (Å²) >= 11 is 0. The standard InChI is InChI=1S/C22H13B2F3N4O/c1-30-9-14-12(4-5-16(25)19(14)29-30)11-7-17(26)15(18(27)8-11)10-31-21(32)13-3-2-6-28-20(13)22(31,23)24/h2-9H,10H2,1H3. The molecule has 10 heteroatoms. The van der Waals surface area contributed by atoms with Crippen LogP contribution in [-0.2, 0) is 18.9 Å². The highest BCUT2D eigenvalue weighted by Gasteiger charge is 2.43. The van der Waals surface area contributed by atoms with E-state index >= 15 is 8.78 Å². The van der Waals surface area contributed by atoms with E-state index in [1.807, 2.05) is 0 Å². The Balaban J connectivity index is 1.55. The van der Waals surface area contributed by atoms with E-state index in [1.54, 1.807) is 19.3 Å². The van der Waals surface area contributed by atoms with Crippen LogP contribution in [0.2, 0.25) is 0 Å². The van der Waals surface area contributed by atoms with E-state index in [1.165, 1.54) is 29.1 Å². The number of halogens is 3. The molecular weight excluding hydrogens is 415 g/mol. The monoisotopic (exact) mass is 428 g/mol. The van der Waals surface area contributed by atoms with Crippen LogP contribution in [-0.4, -0.2) is 41.3 Å². The maximum Gasteiger partial charge on any atom is 0.255 e. The van der Waals surface area contributed by atoms with Crippen molar-refractivity contribution in [3.8, 4) is 11.1 Å². The molecular formula is C22H13B2F3N4O. The maximum absolute atomic E-state index is 15.1. The lowest BCUT2D eigenvalue weighted by molar-refractivity contribution is 0.0727. The first-order chi connectivity index (χ1) is 15.2. The fourth-order valence-electron chi connectivity index (χ4n) is 4.05. The van der Waals surface area contributed by atoms with Crippen LogP contribution in [0.3, 0.4) is 0 Å². The number of aromatic nitrogens is 3. The van der Waals surface area contributed by atoms with Crippen LogP contribution in [0.4, 0.5) is 13.2 Å². The summed E-state index contributed by atoms with van der Waals surface area (Å²) in [4.78, 5) is 17.8. The number of hydrogen-bond acceptors (Lipinski definition) is 3. The highest BCUT2D eigenvalue weighted by Crippen LogP contribution is 2.36. The van der Waals surface area contributed by atoms with Crippen LogP contribution < -0.4 is 0 Å². The minimum atomic E-state index is -1.82. The van der Waals surface area contributed by atoms with E-state index < -0.39 is 35.2 Å². The van der Waals surface area contributed by atoms with Gasteiger partial charge in [0, 0.05) is 35.7 Å². The van der Waals surface area contributed by atoms with Crippen LogP contribution in [0.5, 0.6) is 0 Å². The molecule has 32 heavy (non-hydrogen) atoms. The number of pyridine rings is 1. The van der Waals surface area contributed by atoms with Gasteiger partial charge in [0.1, 0.15) is 17.2 Å². The summed E-state index contributed by atoms with van der Waals surface area (Å²) in [7, 11) is 13.8. The number of fused-ring (bicyclic) bond motifs is 2. The van der Waals surface area contributed by atoms with E-state index in [2.05, 4.69) is 10.1 Å². The van der Waals surface area contributed by atoms with Gasteiger partial charge >= 0.3 is 0 Å². The third kappa shape index (κ3) is 2.93. The number of hydrogen-bond donors (Lipinski definition) is 0. The largest absolute Gasteiger partial charge is 0.340 e. The number of carbonyl (C=O) groups is 1. The Morgan fingerprint density at radius 2 is 1.75 bits per heavy atom. The molecule has 0 saturated carbocycles. The van der Waals surface area contributed by atoms with Crippen molar-refractivity contribution < 1.29 is 18.0 Å². The zero-order chi connectivity index (χ0) is 22.8. The van der Waals surface area contributed by atoms with E-state index in [4.69, 9.17) is 15.7 Å². The second kappa shape index (κ2) is 6.98. The Labute approximate surface area is 183 Å². The molecule has 0 atom stereocenters. The van der Waals surface area contributed by atoms with Crippen molar-refractivity contribution in [1.82, 2.24) is 19.7 Å². The molecule has 1 amide bonds. The molecule has 1 aliphatic rings. The van der Waals surface area contributed by atoms with Crippen LogP contribution in [0, 0.1) is 17.5 Å². The molecule has 2 aromatic heterocycles. The minimum absolute atomic E-state index is 0.0962. The Bertz CT molecular complexity index is 1400. The van der Waals surface area contributed by atoms with Crippen LogP contribution >= 0.6 is 0 Å². The molecule has 0 bridgehead atoms. The zero-order valence-electron chi connectivity index (χ0n) is 16.8. The van der Waals surface area contributed by atoms with Gasteiger partial charge in [-0.05, 0) is 41.5 Å². The number of amides is 1. The number of carbonyl (C=O) groups excluding carboxylic acids is 1. The second-order valence-corrected chi connectivity index (χ2v) is 7.69. The Morgan fingerprint density at radius 3 is 2.44 bits per heavy atom. The van der Waals surface area contributed by atoms with Gasteiger partial charge in [0.15, 0.2) is 5.82 Å². The molecule has 1 aliphatic heterocycles. The van der Waals surface area contributed by atoms with Gasteiger partial charge in [0.25, 0.3) is 5.91 Å². The third-order valence-electron chi connectivity index (χ3n) is 5.62. The van der Waals surface area contributed by atoms with E-state index in [0.717, 1.165) is 17.0 Å². The number of benzene rings is 2. The molecule has 2 aromatic carbocycles. The summed E-state index contributed by atoms with van der Waals surface area (Å²) in [5, 5.41) is 2.65. The summed E-state index contributed by atoms with van der Waals surface area (Å²) in [6.07, 6.45) is 3.00. The third-order valence-corrected chi connectivity index (χ3v) is 5.62. The van der Waals surface area contributed by atoms with E-state index in [9.17, 15) is 9.18 Å². The minimum Gasteiger partial charge on any atom is -0.340 e. The SMILES string of the molecule is [B]C1([B])c2ncccc2C(=O)N1Cc1c(F)cc(-c2ccc(F)c3nn(C)cc23)cc1F. The van der Waals surface area contributed by atoms with Gasteiger partial charge in [-0.3, -0.25) is 14.5 Å². The van der Waals surface area contributed by atoms with E-state index in [0.29, 0.717) is 10.9 Å². The van der Waals surface area contributed by atoms with Crippen molar-refractivity contribution in [3.63, 3.8) is 0 Å². The lowest BCUT2D eigenvalue weighted by Crippen LogP contribution is -2.45. The van der Waals surface area contributed by atoms with Crippen LogP contribution in [0.1, 0.15) is 21.6 Å². The molecule has 0 spiro atoms. The van der Waals surface area contributed by atoms with Crippen molar-refractivity contribution >= 4 is 32.5 Å². The normalized spacial score (nSPS) is 14.9. The van der Waals surface area contributed by atoms with Crippen molar-refractivity contribution in [2.24, 2.45) is 7.05 Å². The predicted molar refractivity (Wildman–Crippen MR) is 113 cm³/mol. The zero-order valence-corrected chi connectivity index (χ0v) is 16.8. The van der Waals surface area contributed by atoms with E-state index in [-0.39, 0.29) is 27.9 Å². The average molecular weight is 428 g/mol. The Kier molecular flexibility index (Phi) is 4.44. The number of nitrogens with zero attached hydrogens (tertiary/aromatic N) is 4. The molecule has 0 fully saturated rings. The van der Waals surface area contributed by atoms with Crippen molar-refractivity contribution in [2.75, 3.05) is 0 Å². The fourth-order valence-corrected chi connectivity index (χ4v) is 4.05. The average Bonchev–Trinajstić information content (AvgIpc) is 3.22. The van der Waals surface area contributed by atoms with Crippen molar-refractivity contribution in [3.05, 3.63) is 83.1 Å². The molecule has 0 unspecified atom stereocenters. The molecule has 3 heterocycles. The van der Waals surface area contributed by atoms with Gasteiger partial charge in [-0.15, -0.1) is 0 Å². The van der Waals surface area contributed by atoms with Crippen LogP contribution in [0.25, 0.3) is 22.0 Å². The van der Waals surface area contributed by atoms with Crippen molar-refractivity contribution in [2.45, 2.75) is 11.9 Å². The highest BCUT2D eigenvalue weighted by molar-refractivity contribution is 6.42. The Hall–Kier alpha value is -3.55. The topological polar surface area (TPSA) is 51.0 Å². The molecule has 5 rings (SSSR count). The fraction of sp³-hybridized carbons (Fsp3) is 0.136. The van der Waals surface area contributed by atoms with Crippen LogP contribution in [0.15, 0.2) is 48.8 Å². The first kappa shape index (κ1) is 20.4. The Morgan fingerprint density at radius 1 is 1.03 bits per heavy atom. The molecule has 4 radical (unpaired) electrons. The number of aryl methyl sites for hydroxylation is 1. The summed E-state index contributed by atoms with van der Waals surface area (Å²) in [6, 6.07) is 7.93. The smallest absolute Gasteiger partial charge is 0.255 e. The molecule has 0 aliphatic carbocycles. The lowest BCUT2D eigenvalue weighted by atomic mass is 9.59. The van der Waals surface area contributed by atoms with Gasteiger partial charge in [-0.25, -0.2) is 13.2 Å². The molecule has 4 aromatic rings. The predicted octanol–water partition coefficient (Wildman–Crippen LogP) is 3.16. The molecule has 0 N–H and O–H groups in total. The molecule has 154 valence electrons. The first-order valence-corrected chi connectivity index (χ1v) is 9.64. The lowest BCUT2D eigenvalue weighted by Gasteiger charge is -2.33. The summed E-state index contributed by atoms with van der Waals surface area (Å²) < 4.78 is 45.6. The highest BCUT2D eigenvalue weighted by atomic mass is 19.1. The second-order valence-electron chi connectivity index (χ2n) is 7.69. The van der Waals surface area contributed by atoms with Gasteiger partial charge in [-0.1, -0.05) is 6.07 Å². The van der Waals surface area contributed by atoms with Gasteiger partial charge in [0.2, 0.25) is 0 Å². The van der Waals surface area contributed by atoms with Gasteiger partial charge in [-0.2, -0.15) is 5.10 Å².